The normalized spacial score (nSPS) is 19.7. The molecule has 138 valence electrons. The standard InChI is InChI=1S/C20H26N4O2/c1-4-26-16-9-7-15(8-10-16)12-18-19(25)22-20(24-23-18)21-17-11-13(2)5-6-14(17)3/h5-11,18,20-21,23-24H,4,12H2,1-3H3,(H,22,25). The molecule has 2 unspecified atom stereocenters. The molecule has 0 radical (unpaired) electrons. The van der Waals surface area contributed by atoms with Gasteiger partial charge in [-0.2, -0.15) is 0 Å². The third-order valence-electron chi connectivity index (χ3n) is 4.37. The Hall–Kier alpha value is -2.57. The van der Waals surface area contributed by atoms with Crippen LogP contribution in [0.15, 0.2) is 42.5 Å². The SMILES string of the molecule is CCOc1ccc(CC2NNC(Nc3cc(C)ccc3C)NC2=O)cc1. The van der Waals surface area contributed by atoms with E-state index in [-0.39, 0.29) is 18.2 Å². The first-order valence-corrected chi connectivity index (χ1v) is 8.92. The molecule has 1 aliphatic heterocycles. The number of carbonyl (C=O) groups is 1. The van der Waals surface area contributed by atoms with Gasteiger partial charge in [-0.05, 0) is 62.1 Å². The van der Waals surface area contributed by atoms with Gasteiger partial charge in [-0.15, -0.1) is 0 Å². The van der Waals surface area contributed by atoms with E-state index in [4.69, 9.17) is 4.74 Å². The Kier molecular flexibility index (Phi) is 5.75. The molecule has 1 saturated heterocycles. The van der Waals surface area contributed by atoms with Gasteiger partial charge in [0.25, 0.3) is 0 Å². The van der Waals surface area contributed by atoms with E-state index < -0.39 is 0 Å². The average Bonchev–Trinajstić information content (AvgIpc) is 2.62. The van der Waals surface area contributed by atoms with Crippen LogP contribution in [0.5, 0.6) is 5.75 Å². The smallest absolute Gasteiger partial charge is 0.241 e. The van der Waals surface area contributed by atoms with Gasteiger partial charge >= 0.3 is 0 Å². The Balaban J connectivity index is 1.56. The van der Waals surface area contributed by atoms with Crippen molar-refractivity contribution in [3.63, 3.8) is 0 Å². The molecule has 2 aromatic rings. The molecule has 3 rings (SSSR count). The molecule has 4 N–H and O–H groups in total. The summed E-state index contributed by atoms with van der Waals surface area (Å²) in [6.07, 6.45) is 0.237. The van der Waals surface area contributed by atoms with Crippen molar-refractivity contribution in [2.45, 2.75) is 39.5 Å². The highest BCUT2D eigenvalue weighted by molar-refractivity contribution is 5.83. The maximum Gasteiger partial charge on any atom is 0.241 e. The Labute approximate surface area is 154 Å². The molecule has 0 aromatic heterocycles. The van der Waals surface area contributed by atoms with Crippen LogP contribution in [-0.2, 0) is 11.2 Å². The van der Waals surface area contributed by atoms with Gasteiger partial charge in [0, 0.05) is 5.69 Å². The lowest BCUT2D eigenvalue weighted by atomic mass is 10.1. The van der Waals surface area contributed by atoms with Gasteiger partial charge < -0.3 is 15.4 Å². The van der Waals surface area contributed by atoms with Crippen molar-refractivity contribution in [2.75, 3.05) is 11.9 Å². The predicted octanol–water partition coefficient (Wildman–Crippen LogP) is 2.23. The molecule has 2 aromatic carbocycles. The fraction of sp³-hybridized carbons (Fsp3) is 0.350. The summed E-state index contributed by atoms with van der Waals surface area (Å²) in [6, 6.07) is 13.7. The first-order valence-electron chi connectivity index (χ1n) is 8.92. The molecule has 0 spiro atoms. The Bertz CT molecular complexity index is 761. The van der Waals surface area contributed by atoms with Crippen LogP contribution in [0.2, 0.25) is 0 Å². The van der Waals surface area contributed by atoms with Gasteiger partial charge in [0.1, 0.15) is 11.8 Å². The van der Waals surface area contributed by atoms with Gasteiger partial charge in [0.05, 0.1) is 6.61 Å². The summed E-state index contributed by atoms with van der Waals surface area (Å²) in [5.41, 5.74) is 10.6. The number of carbonyl (C=O) groups excluding carboxylic acids is 1. The lowest BCUT2D eigenvalue weighted by Gasteiger charge is -2.32. The minimum Gasteiger partial charge on any atom is -0.494 e. The summed E-state index contributed by atoms with van der Waals surface area (Å²) < 4.78 is 5.45. The maximum absolute atomic E-state index is 12.4. The summed E-state index contributed by atoms with van der Waals surface area (Å²) in [5.74, 6) is 0.800. The molecule has 26 heavy (non-hydrogen) atoms. The molecule has 0 bridgehead atoms. The second kappa shape index (κ2) is 8.21. The number of benzene rings is 2. The number of amides is 1. The van der Waals surface area contributed by atoms with E-state index >= 15 is 0 Å². The zero-order chi connectivity index (χ0) is 18.5. The van der Waals surface area contributed by atoms with Crippen LogP contribution in [0.4, 0.5) is 5.69 Å². The molecular weight excluding hydrogens is 328 g/mol. The molecule has 1 aliphatic rings. The van der Waals surface area contributed by atoms with Crippen molar-refractivity contribution in [1.82, 2.24) is 16.2 Å². The van der Waals surface area contributed by atoms with Crippen molar-refractivity contribution in [1.29, 1.82) is 0 Å². The van der Waals surface area contributed by atoms with E-state index in [1.807, 2.05) is 45.0 Å². The van der Waals surface area contributed by atoms with Crippen molar-refractivity contribution in [3.8, 4) is 5.75 Å². The number of ether oxygens (including phenoxy) is 1. The van der Waals surface area contributed by atoms with Gasteiger partial charge in [0.2, 0.25) is 5.91 Å². The first kappa shape index (κ1) is 18.2. The van der Waals surface area contributed by atoms with Crippen LogP contribution in [0, 0.1) is 13.8 Å². The fourth-order valence-corrected chi connectivity index (χ4v) is 2.92. The number of rotatable bonds is 6. The van der Waals surface area contributed by atoms with Crippen molar-refractivity contribution < 1.29 is 9.53 Å². The number of hydrogen-bond acceptors (Lipinski definition) is 5. The number of nitrogens with one attached hydrogen (secondary N) is 4. The Morgan fingerprint density at radius 1 is 1.08 bits per heavy atom. The van der Waals surface area contributed by atoms with Crippen LogP contribution in [0.3, 0.4) is 0 Å². The third-order valence-corrected chi connectivity index (χ3v) is 4.37. The maximum atomic E-state index is 12.4. The summed E-state index contributed by atoms with van der Waals surface area (Å²) in [4.78, 5) is 12.4. The molecule has 1 amide bonds. The van der Waals surface area contributed by atoms with Crippen molar-refractivity contribution in [3.05, 3.63) is 59.2 Å². The van der Waals surface area contributed by atoms with Crippen molar-refractivity contribution in [2.24, 2.45) is 0 Å². The van der Waals surface area contributed by atoms with Crippen LogP contribution < -0.4 is 26.2 Å². The highest BCUT2D eigenvalue weighted by atomic mass is 16.5. The van der Waals surface area contributed by atoms with E-state index in [1.54, 1.807) is 0 Å². The summed E-state index contributed by atoms with van der Waals surface area (Å²) in [5, 5.41) is 6.27. The number of hydrazine groups is 1. The monoisotopic (exact) mass is 354 g/mol. The Morgan fingerprint density at radius 2 is 1.85 bits per heavy atom. The number of aryl methyl sites for hydroxylation is 2. The van der Waals surface area contributed by atoms with Crippen LogP contribution in [0.25, 0.3) is 0 Å². The zero-order valence-corrected chi connectivity index (χ0v) is 15.4. The first-order chi connectivity index (χ1) is 12.5. The van der Waals surface area contributed by atoms with Crippen LogP contribution in [-0.4, -0.2) is 24.8 Å². The third kappa shape index (κ3) is 4.53. The van der Waals surface area contributed by atoms with E-state index in [0.29, 0.717) is 13.0 Å². The number of anilines is 1. The zero-order valence-electron chi connectivity index (χ0n) is 15.4. The molecule has 1 fully saturated rings. The Morgan fingerprint density at radius 3 is 2.54 bits per heavy atom. The summed E-state index contributed by atoms with van der Waals surface area (Å²) >= 11 is 0. The van der Waals surface area contributed by atoms with Crippen molar-refractivity contribution >= 4 is 11.6 Å². The highest BCUT2D eigenvalue weighted by Gasteiger charge is 2.27. The van der Waals surface area contributed by atoms with Gasteiger partial charge in [-0.3, -0.25) is 4.79 Å². The van der Waals surface area contributed by atoms with E-state index in [1.165, 1.54) is 5.56 Å². The number of hydrogen-bond donors (Lipinski definition) is 4. The molecule has 6 heteroatoms. The molecule has 1 heterocycles. The predicted molar refractivity (Wildman–Crippen MR) is 103 cm³/mol. The molecular formula is C20H26N4O2. The minimum atomic E-state index is -0.361. The van der Waals surface area contributed by atoms with Gasteiger partial charge in [-0.25, -0.2) is 10.9 Å². The molecule has 0 saturated carbocycles. The highest BCUT2D eigenvalue weighted by Crippen LogP contribution is 2.17. The second-order valence-corrected chi connectivity index (χ2v) is 6.53. The second-order valence-electron chi connectivity index (χ2n) is 6.53. The quantitative estimate of drug-likeness (QED) is 0.640. The lowest BCUT2D eigenvalue weighted by molar-refractivity contribution is -0.126. The fourth-order valence-electron chi connectivity index (χ4n) is 2.92. The molecule has 6 nitrogen and oxygen atoms in total. The topological polar surface area (TPSA) is 74.4 Å². The molecule has 2 atom stereocenters. The average molecular weight is 354 g/mol. The van der Waals surface area contributed by atoms with E-state index in [0.717, 1.165) is 22.6 Å². The minimum absolute atomic E-state index is 0.0413. The molecule has 0 aliphatic carbocycles. The van der Waals surface area contributed by atoms with Crippen LogP contribution in [0.1, 0.15) is 23.6 Å². The van der Waals surface area contributed by atoms with Gasteiger partial charge in [0.15, 0.2) is 6.29 Å². The van der Waals surface area contributed by atoms with Crippen LogP contribution >= 0.6 is 0 Å². The lowest BCUT2D eigenvalue weighted by Crippen LogP contribution is -2.68. The van der Waals surface area contributed by atoms with E-state index in [2.05, 4.69) is 39.7 Å². The van der Waals surface area contributed by atoms with Gasteiger partial charge in [-0.1, -0.05) is 24.3 Å². The summed E-state index contributed by atoms with van der Waals surface area (Å²) in [7, 11) is 0. The summed E-state index contributed by atoms with van der Waals surface area (Å²) in [6.45, 7) is 6.68. The van der Waals surface area contributed by atoms with E-state index in [9.17, 15) is 4.79 Å². The largest absolute Gasteiger partial charge is 0.494 e.